The summed E-state index contributed by atoms with van der Waals surface area (Å²) in [6.45, 7) is 0.347. The Morgan fingerprint density at radius 1 is 1.16 bits per heavy atom. The lowest BCUT2D eigenvalue weighted by molar-refractivity contribution is -0.0261. The number of thiazole rings is 1. The molecule has 0 saturated heterocycles. The number of aromatic nitrogens is 1. The van der Waals surface area contributed by atoms with E-state index in [0.29, 0.717) is 18.7 Å². The Balaban J connectivity index is 1.66. The van der Waals surface area contributed by atoms with Crippen LogP contribution in [-0.2, 0) is 13.0 Å². The molecule has 132 valence electrons. The Labute approximate surface area is 148 Å². The van der Waals surface area contributed by atoms with Crippen molar-refractivity contribution in [2.45, 2.75) is 31.5 Å². The quantitative estimate of drug-likeness (QED) is 0.639. The largest absolute Gasteiger partial charge is 0.462 e. The molecule has 2 aromatic heterocycles. The van der Waals surface area contributed by atoms with Gasteiger partial charge in [0.1, 0.15) is 6.10 Å². The molecule has 0 saturated carbocycles. The van der Waals surface area contributed by atoms with Crippen LogP contribution in [0.1, 0.15) is 10.4 Å². The number of benzene rings is 1. The van der Waals surface area contributed by atoms with E-state index >= 15 is 0 Å². The van der Waals surface area contributed by atoms with E-state index < -0.39 is 18.6 Å². The summed E-state index contributed by atoms with van der Waals surface area (Å²) in [6.07, 6.45) is -0.970. The third-order valence-corrected chi connectivity index (χ3v) is 4.80. The monoisotopic (exact) mass is 364 g/mol. The predicted octanol–water partition coefficient (Wildman–Crippen LogP) is 3.73. The molecule has 0 aliphatic rings. The average molecular weight is 364 g/mol. The second-order valence-corrected chi connectivity index (χ2v) is 6.73. The van der Waals surface area contributed by atoms with Gasteiger partial charge in [-0.3, -0.25) is 0 Å². The number of hydrogen-bond donors (Lipinski definition) is 2. The highest BCUT2D eigenvalue weighted by Gasteiger charge is 2.27. The number of aliphatic hydroxyl groups excluding tert-OH is 1. The van der Waals surface area contributed by atoms with Crippen LogP contribution in [0.3, 0.4) is 0 Å². The summed E-state index contributed by atoms with van der Waals surface area (Å²) in [5, 5.41) is 13.6. The Hall–Kier alpha value is -2.09. The maximum atomic E-state index is 13.0. The van der Waals surface area contributed by atoms with Crippen molar-refractivity contribution in [3.8, 4) is 10.8 Å². The summed E-state index contributed by atoms with van der Waals surface area (Å²) < 4.78 is 31.3. The van der Waals surface area contributed by atoms with Crippen LogP contribution in [0.25, 0.3) is 10.8 Å². The SMILES string of the molecule is OC(C(F)F)C(Cc1ccccc1)NCc1cnc(-c2ccco2)s1. The van der Waals surface area contributed by atoms with Crippen LogP contribution in [0, 0.1) is 0 Å². The van der Waals surface area contributed by atoms with Crippen LogP contribution < -0.4 is 5.32 Å². The third kappa shape index (κ3) is 4.72. The van der Waals surface area contributed by atoms with Crippen LogP contribution in [-0.4, -0.2) is 28.7 Å². The molecule has 7 heteroatoms. The lowest BCUT2D eigenvalue weighted by Crippen LogP contribution is -2.44. The molecule has 0 spiro atoms. The van der Waals surface area contributed by atoms with Gasteiger partial charge in [-0.25, -0.2) is 13.8 Å². The lowest BCUT2D eigenvalue weighted by Gasteiger charge is -2.23. The summed E-state index contributed by atoms with van der Waals surface area (Å²) in [5.74, 6) is 0.671. The molecule has 0 aliphatic carbocycles. The number of alkyl halides is 2. The van der Waals surface area contributed by atoms with Gasteiger partial charge in [-0.1, -0.05) is 30.3 Å². The first kappa shape index (κ1) is 17.7. The van der Waals surface area contributed by atoms with Gasteiger partial charge in [-0.05, 0) is 24.1 Å². The maximum absolute atomic E-state index is 13.0. The number of hydrogen-bond acceptors (Lipinski definition) is 5. The minimum atomic E-state index is -2.80. The van der Waals surface area contributed by atoms with Gasteiger partial charge in [0, 0.05) is 23.7 Å². The van der Waals surface area contributed by atoms with Crippen molar-refractivity contribution >= 4 is 11.3 Å². The van der Waals surface area contributed by atoms with E-state index in [0.717, 1.165) is 15.4 Å². The van der Waals surface area contributed by atoms with E-state index in [1.165, 1.54) is 11.3 Å². The molecule has 2 atom stereocenters. The first-order chi connectivity index (χ1) is 12.1. The Bertz CT molecular complexity index is 763. The van der Waals surface area contributed by atoms with E-state index in [2.05, 4.69) is 10.3 Å². The number of furan rings is 1. The zero-order valence-corrected chi connectivity index (χ0v) is 14.1. The fraction of sp³-hybridized carbons (Fsp3) is 0.278. The molecule has 2 N–H and O–H groups in total. The molecule has 0 aliphatic heterocycles. The third-order valence-electron chi connectivity index (χ3n) is 3.79. The fourth-order valence-corrected chi connectivity index (χ4v) is 3.32. The van der Waals surface area contributed by atoms with E-state index in [1.807, 2.05) is 36.4 Å². The van der Waals surface area contributed by atoms with Gasteiger partial charge < -0.3 is 14.8 Å². The molecule has 4 nitrogen and oxygen atoms in total. The van der Waals surface area contributed by atoms with Crippen molar-refractivity contribution in [3.63, 3.8) is 0 Å². The zero-order chi connectivity index (χ0) is 17.6. The average Bonchev–Trinajstić information content (AvgIpc) is 3.30. The van der Waals surface area contributed by atoms with Gasteiger partial charge in [0.15, 0.2) is 10.8 Å². The normalized spacial score (nSPS) is 13.9. The summed E-state index contributed by atoms with van der Waals surface area (Å²) in [5.41, 5.74) is 0.889. The highest BCUT2D eigenvalue weighted by Crippen LogP contribution is 2.25. The summed E-state index contributed by atoms with van der Waals surface area (Å²) in [6, 6.07) is 12.1. The van der Waals surface area contributed by atoms with Crippen molar-refractivity contribution in [1.82, 2.24) is 10.3 Å². The summed E-state index contributed by atoms with van der Waals surface area (Å²) >= 11 is 1.42. The molecule has 0 radical (unpaired) electrons. The number of nitrogens with zero attached hydrogens (tertiary/aromatic N) is 1. The van der Waals surface area contributed by atoms with E-state index in [4.69, 9.17) is 4.42 Å². The predicted molar refractivity (Wildman–Crippen MR) is 92.6 cm³/mol. The van der Waals surface area contributed by atoms with Gasteiger partial charge in [0.05, 0.1) is 6.26 Å². The number of nitrogens with one attached hydrogen (secondary N) is 1. The number of rotatable bonds is 8. The minimum Gasteiger partial charge on any atom is -0.462 e. The summed E-state index contributed by atoms with van der Waals surface area (Å²) in [4.78, 5) is 5.16. The topological polar surface area (TPSA) is 58.3 Å². The van der Waals surface area contributed by atoms with Gasteiger partial charge in [-0.15, -0.1) is 11.3 Å². The Morgan fingerprint density at radius 2 is 1.96 bits per heavy atom. The highest BCUT2D eigenvalue weighted by molar-refractivity contribution is 7.14. The van der Waals surface area contributed by atoms with Gasteiger partial charge in [0.25, 0.3) is 6.43 Å². The molecule has 3 rings (SSSR count). The van der Waals surface area contributed by atoms with Crippen LogP contribution in [0.5, 0.6) is 0 Å². The summed E-state index contributed by atoms with van der Waals surface area (Å²) in [7, 11) is 0. The Morgan fingerprint density at radius 3 is 2.64 bits per heavy atom. The fourth-order valence-electron chi connectivity index (χ4n) is 2.49. The standard InChI is InChI=1S/C18H18F2N2O2S/c19-17(20)16(23)14(9-12-5-2-1-3-6-12)21-10-13-11-22-18(25-13)15-7-4-8-24-15/h1-8,11,14,16-17,21,23H,9-10H2. The van der Waals surface area contributed by atoms with Gasteiger partial charge in [0.2, 0.25) is 0 Å². The first-order valence-electron chi connectivity index (χ1n) is 7.85. The van der Waals surface area contributed by atoms with E-state index in [-0.39, 0.29) is 0 Å². The van der Waals surface area contributed by atoms with E-state index in [9.17, 15) is 13.9 Å². The zero-order valence-electron chi connectivity index (χ0n) is 13.3. The highest BCUT2D eigenvalue weighted by atomic mass is 32.1. The maximum Gasteiger partial charge on any atom is 0.265 e. The van der Waals surface area contributed by atoms with Crippen LogP contribution in [0.4, 0.5) is 8.78 Å². The molecule has 3 aromatic rings. The molecule has 25 heavy (non-hydrogen) atoms. The van der Waals surface area contributed by atoms with Crippen molar-refractivity contribution in [2.75, 3.05) is 0 Å². The molecule has 0 amide bonds. The second kappa shape index (κ2) is 8.33. The van der Waals surface area contributed by atoms with Crippen LogP contribution in [0.15, 0.2) is 59.3 Å². The molecule has 2 unspecified atom stereocenters. The molecular formula is C18H18F2N2O2S. The Kier molecular flexibility index (Phi) is 5.91. The second-order valence-electron chi connectivity index (χ2n) is 5.61. The van der Waals surface area contributed by atoms with Crippen molar-refractivity contribution in [1.29, 1.82) is 0 Å². The van der Waals surface area contributed by atoms with Gasteiger partial charge in [-0.2, -0.15) is 0 Å². The number of halogens is 2. The minimum absolute atomic E-state index is 0.316. The molecule has 1 aromatic carbocycles. The lowest BCUT2D eigenvalue weighted by atomic mass is 10.0. The molecular weight excluding hydrogens is 346 g/mol. The van der Waals surface area contributed by atoms with Gasteiger partial charge >= 0.3 is 0 Å². The molecule has 0 bridgehead atoms. The number of aliphatic hydroxyl groups is 1. The smallest absolute Gasteiger partial charge is 0.265 e. The van der Waals surface area contributed by atoms with Crippen molar-refractivity contribution in [3.05, 3.63) is 65.4 Å². The van der Waals surface area contributed by atoms with E-state index in [1.54, 1.807) is 18.5 Å². The van der Waals surface area contributed by atoms with Crippen LogP contribution in [0.2, 0.25) is 0 Å². The molecule has 2 heterocycles. The van der Waals surface area contributed by atoms with Crippen LogP contribution >= 0.6 is 11.3 Å². The van der Waals surface area contributed by atoms with Crippen molar-refractivity contribution < 1.29 is 18.3 Å². The first-order valence-corrected chi connectivity index (χ1v) is 8.67. The molecule has 0 fully saturated rings. The van der Waals surface area contributed by atoms with Crippen molar-refractivity contribution in [2.24, 2.45) is 0 Å².